The minimum Gasteiger partial charge on any atom is -0.370 e. The molecule has 2 aromatic carbocycles. The fourth-order valence-corrected chi connectivity index (χ4v) is 5.36. The molecule has 1 saturated heterocycles. The molecule has 0 radical (unpaired) electrons. The topological polar surface area (TPSA) is 72.6 Å². The Bertz CT molecular complexity index is 1060. The Hall–Kier alpha value is -1.87. The molecule has 5 nitrogen and oxygen atoms in total. The summed E-state index contributed by atoms with van der Waals surface area (Å²) in [5, 5.41) is -0.474. The maximum absolute atomic E-state index is 14.1. The number of ether oxygens (including phenoxy) is 1. The van der Waals surface area contributed by atoms with E-state index in [1.54, 1.807) is 26.0 Å². The Morgan fingerprint density at radius 3 is 2.53 bits per heavy atom. The van der Waals surface area contributed by atoms with Crippen molar-refractivity contribution in [2.45, 2.75) is 61.7 Å². The van der Waals surface area contributed by atoms with Gasteiger partial charge in [-0.3, -0.25) is 4.90 Å². The monoisotopic (exact) mass is 436 g/mol. The molecule has 0 unspecified atom stereocenters. The highest BCUT2D eigenvalue weighted by molar-refractivity contribution is 7.92. The van der Waals surface area contributed by atoms with Gasteiger partial charge < -0.3 is 10.5 Å². The van der Waals surface area contributed by atoms with Gasteiger partial charge in [-0.1, -0.05) is 6.07 Å². The summed E-state index contributed by atoms with van der Waals surface area (Å²) in [6, 6.07) is 8.16. The fourth-order valence-electron chi connectivity index (χ4n) is 4.26. The molecule has 1 fully saturated rings. The minimum absolute atomic E-state index is 0.0189. The molecule has 2 heterocycles. The van der Waals surface area contributed by atoms with Crippen molar-refractivity contribution in [2.75, 3.05) is 6.61 Å². The second kappa shape index (κ2) is 8.00. The van der Waals surface area contributed by atoms with Crippen LogP contribution in [0.25, 0.3) is 0 Å². The Kier molecular flexibility index (Phi) is 5.69. The lowest BCUT2D eigenvalue weighted by molar-refractivity contribution is -0.0531. The lowest BCUT2D eigenvalue weighted by Gasteiger charge is -2.38. The maximum Gasteiger partial charge on any atom is 0.180 e. The van der Waals surface area contributed by atoms with Gasteiger partial charge in [0.05, 0.1) is 16.8 Å². The summed E-state index contributed by atoms with van der Waals surface area (Å²) in [7, 11) is -3.32. The van der Waals surface area contributed by atoms with Crippen LogP contribution in [0.3, 0.4) is 0 Å². The molecular formula is C22H26F2N2O3S. The fraction of sp³-hybridized carbons (Fsp3) is 0.455. The molecule has 2 aromatic rings. The molecular weight excluding hydrogens is 410 g/mol. The highest BCUT2D eigenvalue weighted by atomic mass is 32.2. The summed E-state index contributed by atoms with van der Waals surface area (Å²) in [6.07, 6.45) is -0.115. The number of hydrogen-bond acceptors (Lipinski definition) is 5. The van der Waals surface area contributed by atoms with Gasteiger partial charge in [-0.2, -0.15) is 0 Å². The summed E-state index contributed by atoms with van der Waals surface area (Å²) < 4.78 is 58.5. The van der Waals surface area contributed by atoms with Crippen LogP contribution in [0.5, 0.6) is 0 Å². The van der Waals surface area contributed by atoms with Crippen molar-refractivity contribution in [1.29, 1.82) is 0 Å². The van der Waals surface area contributed by atoms with Crippen LogP contribution in [0.2, 0.25) is 0 Å². The lowest BCUT2D eigenvalue weighted by atomic mass is 9.93. The van der Waals surface area contributed by atoms with Crippen molar-refractivity contribution in [3.05, 3.63) is 64.7 Å². The van der Waals surface area contributed by atoms with Crippen molar-refractivity contribution >= 4 is 9.84 Å². The van der Waals surface area contributed by atoms with E-state index < -0.39 is 38.9 Å². The van der Waals surface area contributed by atoms with E-state index in [1.165, 1.54) is 0 Å². The molecule has 0 saturated carbocycles. The quantitative estimate of drug-likeness (QED) is 0.796. The van der Waals surface area contributed by atoms with Gasteiger partial charge >= 0.3 is 0 Å². The van der Waals surface area contributed by atoms with Crippen molar-refractivity contribution in [1.82, 2.24) is 4.90 Å². The molecule has 4 rings (SSSR count). The number of sulfone groups is 1. The number of fused-ring (bicyclic) bond motifs is 1. The van der Waals surface area contributed by atoms with Crippen LogP contribution in [0, 0.1) is 11.6 Å². The van der Waals surface area contributed by atoms with E-state index in [4.69, 9.17) is 10.5 Å². The third-order valence-corrected chi connectivity index (χ3v) is 8.21. The molecule has 0 aromatic heterocycles. The first kappa shape index (κ1) is 21.4. The van der Waals surface area contributed by atoms with Crippen LogP contribution in [0.15, 0.2) is 41.3 Å². The van der Waals surface area contributed by atoms with E-state index in [1.807, 2.05) is 6.07 Å². The van der Waals surface area contributed by atoms with Crippen LogP contribution >= 0.6 is 0 Å². The molecule has 2 aliphatic heterocycles. The van der Waals surface area contributed by atoms with Crippen molar-refractivity contribution in [3.8, 4) is 0 Å². The smallest absolute Gasteiger partial charge is 0.180 e. The summed E-state index contributed by atoms with van der Waals surface area (Å²) in [5.74, 6) is -1.05. The van der Waals surface area contributed by atoms with Gasteiger partial charge in [0, 0.05) is 30.7 Å². The van der Waals surface area contributed by atoms with E-state index in [-0.39, 0.29) is 11.6 Å². The van der Waals surface area contributed by atoms with Crippen molar-refractivity contribution in [2.24, 2.45) is 5.73 Å². The van der Waals surface area contributed by atoms with Crippen LogP contribution < -0.4 is 5.73 Å². The predicted molar refractivity (Wildman–Crippen MR) is 109 cm³/mol. The van der Waals surface area contributed by atoms with E-state index in [9.17, 15) is 17.2 Å². The molecule has 0 spiro atoms. The van der Waals surface area contributed by atoms with E-state index in [0.717, 1.165) is 29.3 Å². The van der Waals surface area contributed by atoms with Crippen molar-refractivity contribution < 1.29 is 21.9 Å². The average Bonchev–Trinajstić information content (AvgIpc) is 3.13. The van der Waals surface area contributed by atoms with Gasteiger partial charge in [-0.15, -0.1) is 0 Å². The number of halogens is 2. The highest BCUT2D eigenvalue weighted by Gasteiger charge is 2.36. The van der Waals surface area contributed by atoms with Crippen LogP contribution in [0.1, 0.15) is 43.1 Å². The zero-order valence-corrected chi connectivity index (χ0v) is 17.8. The third kappa shape index (κ3) is 3.89. The van der Waals surface area contributed by atoms with Gasteiger partial charge in [0.25, 0.3) is 0 Å². The maximum atomic E-state index is 14.1. The molecule has 2 N–H and O–H groups in total. The van der Waals surface area contributed by atoms with E-state index >= 15 is 0 Å². The summed E-state index contributed by atoms with van der Waals surface area (Å²) in [6.45, 7) is 4.98. The molecule has 3 atom stereocenters. The summed E-state index contributed by atoms with van der Waals surface area (Å²) in [4.78, 5) is 2.55. The second-order valence-electron chi connectivity index (χ2n) is 8.40. The first-order valence-electron chi connectivity index (χ1n) is 10.1. The van der Waals surface area contributed by atoms with Gasteiger partial charge in [-0.05, 0) is 61.7 Å². The standard InChI is InChI=1S/C22H26F2N2O3S/c1-13(2)30(27,28)18-5-3-14-10-26(11-15(14)7-18)17-9-21(25)22(29-12-17)19-8-16(23)4-6-20(19)24/h3-8,13,17,21-22H,9-12,25H2,1-2H3/t17-,21+,22-/m1/s1. The molecule has 8 heteroatoms. The zero-order valence-electron chi connectivity index (χ0n) is 17.0. The summed E-state index contributed by atoms with van der Waals surface area (Å²) in [5.41, 5.74) is 8.51. The number of nitrogens with zero attached hydrogens (tertiary/aromatic N) is 1. The van der Waals surface area contributed by atoms with Gasteiger partial charge in [-0.25, -0.2) is 17.2 Å². The highest BCUT2D eigenvalue weighted by Crippen LogP contribution is 2.35. The Morgan fingerprint density at radius 2 is 1.83 bits per heavy atom. The SMILES string of the molecule is CC(C)S(=O)(=O)c1ccc2c(c1)CN([C@H]1CO[C@H](c3cc(F)ccc3F)[C@@H](N)C1)C2. The van der Waals surface area contributed by atoms with Crippen molar-refractivity contribution in [3.63, 3.8) is 0 Å². The largest absolute Gasteiger partial charge is 0.370 e. The van der Waals surface area contributed by atoms with Gasteiger partial charge in [0.1, 0.15) is 17.7 Å². The molecule has 0 amide bonds. The average molecular weight is 437 g/mol. The number of rotatable bonds is 4. The second-order valence-corrected chi connectivity index (χ2v) is 10.9. The Balaban J connectivity index is 1.47. The molecule has 0 bridgehead atoms. The normalized spacial score (nSPS) is 24.9. The molecule has 2 aliphatic rings. The molecule has 30 heavy (non-hydrogen) atoms. The first-order chi connectivity index (χ1) is 14.2. The predicted octanol–water partition coefficient (Wildman–Crippen LogP) is 3.32. The van der Waals surface area contributed by atoms with Gasteiger partial charge in [0.2, 0.25) is 0 Å². The van der Waals surface area contributed by atoms with E-state index in [2.05, 4.69) is 4.90 Å². The summed E-state index contributed by atoms with van der Waals surface area (Å²) >= 11 is 0. The number of nitrogens with two attached hydrogens (primary N) is 1. The molecule has 162 valence electrons. The van der Waals surface area contributed by atoms with Crippen LogP contribution in [0.4, 0.5) is 8.78 Å². The lowest BCUT2D eigenvalue weighted by Crippen LogP contribution is -2.47. The van der Waals surface area contributed by atoms with Crippen LogP contribution in [-0.4, -0.2) is 37.3 Å². The van der Waals surface area contributed by atoms with E-state index in [0.29, 0.717) is 31.0 Å². The van der Waals surface area contributed by atoms with Gasteiger partial charge in [0.15, 0.2) is 9.84 Å². The minimum atomic E-state index is -3.32. The molecule has 0 aliphatic carbocycles. The third-order valence-electron chi connectivity index (χ3n) is 6.06. The zero-order chi connectivity index (χ0) is 21.6. The van der Waals surface area contributed by atoms with Crippen LogP contribution in [-0.2, 0) is 27.7 Å². The Morgan fingerprint density at radius 1 is 1.10 bits per heavy atom. The first-order valence-corrected chi connectivity index (χ1v) is 11.6. The number of benzene rings is 2. The Labute approximate surface area is 175 Å². The number of hydrogen-bond donors (Lipinski definition) is 1.